The number of rotatable bonds is 6. The Bertz CT molecular complexity index is 589. The molecule has 0 saturated carbocycles. The van der Waals surface area contributed by atoms with Crippen molar-refractivity contribution in [2.24, 2.45) is 4.99 Å². The Morgan fingerprint density at radius 3 is 2.77 bits per heavy atom. The van der Waals surface area contributed by atoms with E-state index in [1.165, 1.54) is 9.75 Å². The zero-order valence-corrected chi connectivity index (χ0v) is 15.1. The summed E-state index contributed by atoms with van der Waals surface area (Å²) in [5, 5.41) is 9.89. The summed E-state index contributed by atoms with van der Waals surface area (Å²) in [6.07, 6.45) is 1.90. The van der Waals surface area contributed by atoms with Gasteiger partial charge in [-0.05, 0) is 32.5 Å². The first-order valence-electron chi connectivity index (χ1n) is 7.15. The van der Waals surface area contributed by atoms with Crippen molar-refractivity contribution in [2.75, 3.05) is 27.7 Å². The van der Waals surface area contributed by atoms with Gasteiger partial charge in [-0.15, -0.1) is 22.7 Å². The van der Waals surface area contributed by atoms with E-state index in [0.29, 0.717) is 12.6 Å². The molecular weight excluding hydrogens is 314 g/mol. The summed E-state index contributed by atoms with van der Waals surface area (Å²) in [5.41, 5.74) is 0. The van der Waals surface area contributed by atoms with E-state index in [9.17, 15) is 0 Å². The average Bonchev–Trinajstić information content (AvgIpc) is 3.14. The molecule has 0 radical (unpaired) electrons. The molecule has 1 unspecified atom stereocenters. The second kappa shape index (κ2) is 8.26. The van der Waals surface area contributed by atoms with Gasteiger partial charge in [-0.1, -0.05) is 6.07 Å². The van der Waals surface area contributed by atoms with Crippen LogP contribution in [0, 0.1) is 6.92 Å². The van der Waals surface area contributed by atoms with Crippen molar-refractivity contribution in [3.05, 3.63) is 38.5 Å². The van der Waals surface area contributed by atoms with E-state index in [0.717, 1.165) is 17.5 Å². The smallest absolute Gasteiger partial charge is 0.191 e. The number of aliphatic imine (C=N–C) groups is 1. The topological polar surface area (TPSA) is 52.6 Å². The first-order chi connectivity index (χ1) is 10.6. The number of thiophene rings is 1. The van der Waals surface area contributed by atoms with Crippen LogP contribution in [-0.2, 0) is 6.54 Å². The molecular formula is C15H23N5S2. The summed E-state index contributed by atoms with van der Waals surface area (Å²) in [6, 6.07) is 4.60. The number of aromatic nitrogens is 1. The highest BCUT2D eigenvalue weighted by Gasteiger charge is 2.15. The number of hydrogen-bond acceptors (Lipinski definition) is 5. The Morgan fingerprint density at radius 2 is 2.23 bits per heavy atom. The summed E-state index contributed by atoms with van der Waals surface area (Å²) >= 11 is 3.49. The Balaban J connectivity index is 1.87. The SMILES string of the molecule is CN=C(NCc1ncc(C)s1)NCC(c1cccs1)N(C)C. The van der Waals surface area contributed by atoms with Gasteiger partial charge >= 0.3 is 0 Å². The monoisotopic (exact) mass is 337 g/mol. The number of nitrogens with zero attached hydrogens (tertiary/aromatic N) is 3. The Kier molecular flexibility index (Phi) is 6.35. The van der Waals surface area contributed by atoms with Crippen LogP contribution >= 0.6 is 22.7 Å². The van der Waals surface area contributed by atoms with Crippen LogP contribution in [0.3, 0.4) is 0 Å². The third-order valence-corrected chi connectivity index (χ3v) is 5.14. The standard InChI is InChI=1S/C15H23N5S2/c1-11-8-17-14(22-11)10-19-15(16-2)18-9-12(20(3)4)13-6-5-7-21-13/h5-8,12H,9-10H2,1-4H3,(H2,16,18,19). The normalized spacial score (nSPS) is 13.4. The lowest BCUT2D eigenvalue weighted by Crippen LogP contribution is -2.41. The van der Waals surface area contributed by atoms with Crippen LogP contribution in [-0.4, -0.2) is 43.5 Å². The minimum absolute atomic E-state index is 0.334. The minimum Gasteiger partial charge on any atom is -0.354 e. The van der Waals surface area contributed by atoms with Crippen molar-refractivity contribution in [1.82, 2.24) is 20.5 Å². The van der Waals surface area contributed by atoms with Gasteiger partial charge in [0.1, 0.15) is 5.01 Å². The number of nitrogens with one attached hydrogen (secondary N) is 2. The van der Waals surface area contributed by atoms with Gasteiger partial charge in [0.05, 0.1) is 12.6 Å². The minimum atomic E-state index is 0.334. The molecule has 0 aromatic carbocycles. The van der Waals surface area contributed by atoms with Crippen LogP contribution in [0.1, 0.15) is 20.8 Å². The number of likely N-dealkylation sites (N-methyl/N-ethyl adjacent to an activating group) is 1. The number of thiazole rings is 1. The molecule has 2 aromatic rings. The molecule has 0 aliphatic rings. The van der Waals surface area contributed by atoms with Crippen LogP contribution in [0.2, 0.25) is 0 Å². The summed E-state index contributed by atoms with van der Waals surface area (Å²) in [6.45, 7) is 3.57. The maximum absolute atomic E-state index is 4.35. The molecule has 0 spiro atoms. The van der Waals surface area contributed by atoms with E-state index in [4.69, 9.17) is 0 Å². The number of guanidine groups is 1. The molecule has 2 rings (SSSR count). The molecule has 2 N–H and O–H groups in total. The largest absolute Gasteiger partial charge is 0.354 e. The van der Waals surface area contributed by atoms with Crippen molar-refractivity contribution < 1.29 is 0 Å². The van der Waals surface area contributed by atoms with Gasteiger partial charge in [-0.2, -0.15) is 0 Å². The lowest BCUT2D eigenvalue weighted by molar-refractivity contribution is 0.302. The molecule has 7 heteroatoms. The maximum Gasteiger partial charge on any atom is 0.191 e. The van der Waals surface area contributed by atoms with E-state index in [-0.39, 0.29) is 0 Å². The molecule has 0 fully saturated rings. The molecule has 120 valence electrons. The van der Waals surface area contributed by atoms with Gasteiger partial charge in [0.15, 0.2) is 5.96 Å². The van der Waals surface area contributed by atoms with Crippen molar-refractivity contribution >= 4 is 28.6 Å². The molecule has 2 aromatic heterocycles. The maximum atomic E-state index is 4.35. The van der Waals surface area contributed by atoms with Crippen molar-refractivity contribution in [2.45, 2.75) is 19.5 Å². The lowest BCUT2D eigenvalue weighted by atomic mass is 10.2. The van der Waals surface area contributed by atoms with E-state index >= 15 is 0 Å². The lowest BCUT2D eigenvalue weighted by Gasteiger charge is -2.24. The fraction of sp³-hybridized carbons (Fsp3) is 0.467. The molecule has 1 atom stereocenters. The molecule has 0 saturated heterocycles. The Hall–Kier alpha value is -1.44. The Morgan fingerprint density at radius 1 is 1.41 bits per heavy atom. The summed E-state index contributed by atoms with van der Waals surface area (Å²) in [5.74, 6) is 0.802. The highest BCUT2D eigenvalue weighted by atomic mass is 32.1. The first-order valence-corrected chi connectivity index (χ1v) is 8.85. The molecule has 0 amide bonds. The fourth-order valence-electron chi connectivity index (χ4n) is 2.07. The molecule has 2 heterocycles. The van der Waals surface area contributed by atoms with Crippen molar-refractivity contribution in [3.63, 3.8) is 0 Å². The van der Waals surface area contributed by atoms with Crippen LogP contribution < -0.4 is 10.6 Å². The van der Waals surface area contributed by atoms with E-state index in [2.05, 4.69) is 64.0 Å². The third kappa shape index (κ3) is 4.79. The van der Waals surface area contributed by atoms with Gasteiger partial charge in [-0.25, -0.2) is 4.98 Å². The van der Waals surface area contributed by atoms with Crippen LogP contribution in [0.25, 0.3) is 0 Å². The van der Waals surface area contributed by atoms with Crippen molar-refractivity contribution in [3.8, 4) is 0 Å². The Labute approximate surface area is 140 Å². The molecule has 22 heavy (non-hydrogen) atoms. The van der Waals surface area contributed by atoms with E-state index < -0.39 is 0 Å². The van der Waals surface area contributed by atoms with Crippen LogP contribution in [0.4, 0.5) is 0 Å². The fourth-order valence-corrected chi connectivity index (χ4v) is 3.72. The summed E-state index contributed by atoms with van der Waals surface area (Å²) in [7, 11) is 5.99. The first kappa shape index (κ1) is 16.9. The summed E-state index contributed by atoms with van der Waals surface area (Å²) in [4.78, 5) is 13.4. The zero-order valence-electron chi connectivity index (χ0n) is 13.5. The van der Waals surface area contributed by atoms with Gasteiger partial charge in [0, 0.05) is 29.5 Å². The predicted octanol–water partition coefficient (Wildman–Crippen LogP) is 2.48. The van der Waals surface area contributed by atoms with Crippen LogP contribution in [0.15, 0.2) is 28.7 Å². The zero-order chi connectivity index (χ0) is 15.9. The molecule has 0 aliphatic heterocycles. The van der Waals surface area contributed by atoms with E-state index in [1.54, 1.807) is 29.7 Å². The highest BCUT2D eigenvalue weighted by molar-refractivity contribution is 7.11. The molecule has 0 bridgehead atoms. The highest BCUT2D eigenvalue weighted by Crippen LogP contribution is 2.22. The third-order valence-electron chi connectivity index (χ3n) is 3.26. The predicted molar refractivity (Wildman–Crippen MR) is 95.8 cm³/mol. The summed E-state index contributed by atoms with van der Waals surface area (Å²) < 4.78 is 0. The van der Waals surface area contributed by atoms with Gasteiger partial charge < -0.3 is 15.5 Å². The van der Waals surface area contributed by atoms with Crippen molar-refractivity contribution in [1.29, 1.82) is 0 Å². The second-order valence-corrected chi connectivity index (χ2v) is 7.46. The molecule has 0 aliphatic carbocycles. The van der Waals surface area contributed by atoms with Gasteiger partial charge in [0.25, 0.3) is 0 Å². The van der Waals surface area contributed by atoms with Gasteiger partial charge in [-0.3, -0.25) is 4.99 Å². The quantitative estimate of drug-likeness (QED) is 0.628. The van der Waals surface area contributed by atoms with E-state index in [1.807, 2.05) is 6.20 Å². The van der Waals surface area contributed by atoms with Gasteiger partial charge in [0.2, 0.25) is 0 Å². The van der Waals surface area contributed by atoms with Crippen LogP contribution in [0.5, 0.6) is 0 Å². The number of aryl methyl sites for hydroxylation is 1. The second-order valence-electron chi connectivity index (χ2n) is 5.17. The average molecular weight is 338 g/mol. The number of hydrogen-bond donors (Lipinski definition) is 2. The molecule has 5 nitrogen and oxygen atoms in total.